The van der Waals surface area contributed by atoms with Gasteiger partial charge in [-0.2, -0.15) is 0 Å². The summed E-state index contributed by atoms with van der Waals surface area (Å²) >= 11 is 0. The molecule has 1 aromatic carbocycles. The van der Waals surface area contributed by atoms with Gasteiger partial charge in [-0.05, 0) is 30.7 Å². The average Bonchev–Trinajstić information content (AvgIpc) is 2.41. The van der Waals surface area contributed by atoms with Crippen molar-refractivity contribution in [2.75, 3.05) is 13.2 Å². The first kappa shape index (κ1) is 15.8. The Morgan fingerprint density at radius 2 is 1.75 bits per heavy atom. The SMILES string of the molecule is CCCOc1ccc(OCC(NC(C)=O)C(=O)O)cc1. The van der Waals surface area contributed by atoms with Crippen molar-refractivity contribution in [1.29, 1.82) is 0 Å². The number of amides is 1. The van der Waals surface area contributed by atoms with Crippen molar-refractivity contribution in [3.63, 3.8) is 0 Å². The number of ether oxygens (including phenoxy) is 2. The molecule has 1 aromatic rings. The second-order valence-corrected chi connectivity index (χ2v) is 4.22. The number of carboxylic acid groups (broad SMARTS) is 1. The summed E-state index contributed by atoms with van der Waals surface area (Å²) in [4.78, 5) is 21.8. The Bertz CT molecular complexity index is 443. The van der Waals surface area contributed by atoms with E-state index in [4.69, 9.17) is 14.6 Å². The van der Waals surface area contributed by atoms with Gasteiger partial charge in [0.05, 0.1) is 6.61 Å². The molecule has 1 rings (SSSR count). The molecule has 0 aromatic heterocycles. The minimum atomic E-state index is -1.14. The number of carboxylic acids is 1. The molecule has 6 nitrogen and oxygen atoms in total. The van der Waals surface area contributed by atoms with E-state index in [1.165, 1.54) is 6.92 Å². The van der Waals surface area contributed by atoms with Crippen LogP contribution in [0, 0.1) is 0 Å². The first-order chi connectivity index (χ1) is 9.52. The van der Waals surface area contributed by atoms with E-state index in [2.05, 4.69) is 5.32 Å². The Morgan fingerprint density at radius 1 is 1.20 bits per heavy atom. The van der Waals surface area contributed by atoms with Gasteiger partial charge in [0.1, 0.15) is 18.1 Å². The maximum Gasteiger partial charge on any atom is 0.329 e. The predicted octanol–water partition coefficient (Wildman–Crippen LogP) is 1.44. The van der Waals surface area contributed by atoms with E-state index in [-0.39, 0.29) is 6.61 Å². The van der Waals surface area contributed by atoms with E-state index in [1.807, 2.05) is 6.92 Å². The van der Waals surface area contributed by atoms with Gasteiger partial charge in [0, 0.05) is 6.92 Å². The smallest absolute Gasteiger partial charge is 0.329 e. The molecule has 0 aliphatic heterocycles. The van der Waals surface area contributed by atoms with Gasteiger partial charge >= 0.3 is 5.97 Å². The molecule has 110 valence electrons. The van der Waals surface area contributed by atoms with Crippen LogP contribution in [0.25, 0.3) is 0 Å². The van der Waals surface area contributed by atoms with Crippen LogP contribution in [-0.2, 0) is 9.59 Å². The normalized spacial score (nSPS) is 11.5. The third-order valence-electron chi connectivity index (χ3n) is 2.39. The van der Waals surface area contributed by atoms with E-state index in [1.54, 1.807) is 24.3 Å². The standard InChI is InChI=1S/C14H19NO5/c1-3-8-19-11-4-6-12(7-5-11)20-9-13(14(17)18)15-10(2)16/h4-7,13H,3,8-9H2,1-2H3,(H,15,16)(H,17,18). The molecule has 0 heterocycles. The quantitative estimate of drug-likeness (QED) is 0.753. The maximum absolute atomic E-state index is 10.9. The van der Waals surface area contributed by atoms with E-state index >= 15 is 0 Å². The number of carbonyl (C=O) groups excluding carboxylic acids is 1. The molecule has 1 amide bonds. The molecule has 0 aliphatic carbocycles. The van der Waals surface area contributed by atoms with Gasteiger partial charge < -0.3 is 19.9 Å². The molecule has 0 bridgehead atoms. The van der Waals surface area contributed by atoms with Gasteiger partial charge in [-0.25, -0.2) is 4.79 Å². The second kappa shape index (κ2) is 8.04. The van der Waals surface area contributed by atoms with E-state index in [9.17, 15) is 9.59 Å². The molecule has 1 atom stereocenters. The molecule has 0 aliphatic rings. The third-order valence-corrected chi connectivity index (χ3v) is 2.39. The van der Waals surface area contributed by atoms with Crippen LogP contribution in [0.5, 0.6) is 11.5 Å². The monoisotopic (exact) mass is 281 g/mol. The van der Waals surface area contributed by atoms with Crippen LogP contribution in [0.2, 0.25) is 0 Å². The number of rotatable bonds is 8. The summed E-state index contributed by atoms with van der Waals surface area (Å²) in [5.74, 6) is -0.297. The highest BCUT2D eigenvalue weighted by Crippen LogP contribution is 2.17. The van der Waals surface area contributed by atoms with Gasteiger partial charge in [0.15, 0.2) is 6.04 Å². The van der Waals surface area contributed by atoms with Gasteiger partial charge in [-0.3, -0.25) is 4.79 Å². The van der Waals surface area contributed by atoms with Crippen molar-refractivity contribution in [3.05, 3.63) is 24.3 Å². The Labute approximate surface area is 117 Å². The molecule has 2 N–H and O–H groups in total. The number of carbonyl (C=O) groups is 2. The van der Waals surface area contributed by atoms with Crippen molar-refractivity contribution in [2.24, 2.45) is 0 Å². The van der Waals surface area contributed by atoms with Crippen molar-refractivity contribution in [2.45, 2.75) is 26.3 Å². The minimum absolute atomic E-state index is 0.135. The van der Waals surface area contributed by atoms with Gasteiger partial charge in [0.2, 0.25) is 5.91 Å². The summed E-state index contributed by atoms with van der Waals surface area (Å²) in [6, 6.07) is 5.82. The van der Waals surface area contributed by atoms with Crippen molar-refractivity contribution < 1.29 is 24.2 Å². The van der Waals surface area contributed by atoms with E-state index in [0.29, 0.717) is 12.4 Å². The van der Waals surface area contributed by atoms with E-state index < -0.39 is 17.9 Å². The summed E-state index contributed by atoms with van der Waals surface area (Å²) in [5.41, 5.74) is 0. The van der Waals surface area contributed by atoms with Crippen LogP contribution in [0.1, 0.15) is 20.3 Å². The van der Waals surface area contributed by atoms with Crippen molar-refractivity contribution in [1.82, 2.24) is 5.32 Å². The molecule has 0 saturated heterocycles. The van der Waals surface area contributed by atoms with Crippen LogP contribution in [-0.4, -0.2) is 36.2 Å². The molecule has 0 fully saturated rings. The Morgan fingerprint density at radius 3 is 2.20 bits per heavy atom. The largest absolute Gasteiger partial charge is 0.494 e. The number of nitrogens with one attached hydrogen (secondary N) is 1. The first-order valence-corrected chi connectivity index (χ1v) is 6.38. The number of aliphatic carboxylic acids is 1. The van der Waals surface area contributed by atoms with Crippen LogP contribution < -0.4 is 14.8 Å². The van der Waals surface area contributed by atoms with Gasteiger partial charge in [0.25, 0.3) is 0 Å². The fourth-order valence-corrected chi connectivity index (χ4v) is 1.45. The van der Waals surface area contributed by atoms with Gasteiger partial charge in [-0.1, -0.05) is 6.92 Å². The zero-order valence-electron chi connectivity index (χ0n) is 11.6. The zero-order chi connectivity index (χ0) is 15.0. The van der Waals surface area contributed by atoms with Crippen LogP contribution in [0.4, 0.5) is 0 Å². The Balaban J connectivity index is 2.51. The topological polar surface area (TPSA) is 84.9 Å². The summed E-state index contributed by atoms with van der Waals surface area (Å²) in [6.07, 6.45) is 0.926. The molecule has 1 unspecified atom stereocenters. The van der Waals surface area contributed by atoms with E-state index in [0.717, 1.165) is 12.2 Å². The minimum Gasteiger partial charge on any atom is -0.494 e. The Hall–Kier alpha value is -2.24. The third kappa shape index (κ3) is 5.60. The molecule has 20 heavy (non-hydrogen) atoms. The average molecular weight is 281 g/mol. The number of hydrogen-bond acceptors (Lipinski definition) is 4. The molecule has 0 saturated carbocycles. The number of hydrogen-bond donors (Lipinski definition) is 2. The molecular weight excluding hydrogens is 262 g/mol. The number of benzene rings is 1. The fourth-order valence-electron chi connectivity index (χ4n) is 1.45. The molecular formula is C14H19NO5. The highest BCUT2D eigenvalue weighted by atomic mass is 16.5. The maximum atomic E-state index is 10.9. The molecule has 0 spiro atoms. The predicted molar refractivity (Wildman–Crippen MR) is 73.0 cm³/mol. The lowest BCUT2D eigenvalue weighted by Crippen LogP contribution is -2.43. The lowest BCUT2D eigenvalue weighted by atomic mass is 10.3. The lowest BCUT2D eigenvalue weighted by Gasteiger charge is -2.14. The fraction of sp³-hybridized carbons (Fsp3) is 0.429. The molecule has 0 radical (unpaired) electrons. The lowest BCUT2D eigenvalue weighted by molar-refractivity contribution is -0.142. The first-order valence-electron chi connectivity index (χ1n) is 6.38. The van der Waals surface area contributed by atoms with Crippen molar-refractivity contribution >= 4 is 11.9 Å². The summed E-state index contributed by atoms with van der Waals surface area (Å²) in [5, 5.41) is 11.2. The summed E-state index contributed by atoms with van der Waals surface area (Å²) in [7, 11) is 0. The van der Waals surface area contributed by atoms with Crippen LogP contribution in [0.15, 0.2) is 24.3 Å². The summed E-state index contributed by atoms with van der Waals surface area (Å²) < 4.78 is 10.8. The van der Waals surface area contributed by atoms with Gasteiger partial charge in [-0.15, -0.1) is 0 Å². The van der Waals surface area contributed by atoms with Crippen LogP contribution in [0.3, 0.4) is 0 Å². The zero-order valence-corrected chi connectivity index (χ0v) is 11.6. The highest BCUT2D eigenvalue weighted by Gasteiger charge is 2.19. The second-order valence-electron chi connectivity index (χ2n) is 4.22. The van der Waals surface area contributed by atoms with Crippen molar-refractivity contribution in [3.8, 4) is 11.5 Å². The Kier molecular flexibility index (Phi) is 6.36. The summed E-state index contributed by atoms with van der Waals surface area (Å²) in [6.45, 7) is 3.79. The molecule has 6 heteroatoms. The van der Waals surface area contributed by atoms with Crippen LogP contribution >= 0.6 is 0 Å². The highest BCUT2D eigenvalue weighted by molar-refractivity contribution is 5.82.